The van der Waals surface area contributed by atoms with E-state index in [2.05, 4.69) is 60.6 Å². The molecule has 0 aromatic rings. The Hall–Kier alpha value is -0.260. The van der Waals surface area contributed by atoms with Crippen LogP contribution in [0.2, 0.25) is 0 Å². The molecule has 0 N–H and O–H groups in total. The van der Waals surface area contributed by atoms with Crippen molar-refractivity contribution in [3.63, 3.8) is 0 Å². The summed E-state index contributed by atoms with van der Waals surface area (Å²) in [5.41, 5.74) is 0.710. The summed E-state index contributed by atoms with van der Waals surface area (Å²) >= 11 is 0. The predicted octanol–water partition coefficient (Wildman–Crippen LogP) is 5.44. The first-order valence-corrected chi connectivity index (χ1v) is 6.39. The van der Waals surface area contributed by atoms with E-state index in [4.69, 9.17) is 0 Å². The van der Waals surface area contributed by atoms with Crippen LogP contribution >= 0.6 is 0 Å². The molecule has 0 atom stereocenters. The summed E-state index contributed by atoms with van der Waals surface area (Å²) in [5, 5.41) is 0. The molecule has 0 aromatic heterocycles. The van der Waals surface area contributed by atoms with E-state index in [1.807, 2.05) is 0 Å². The summed E-state index contributed by atoms with van der Waals surface area (Å²) in [5.74, 6) is 0.777. The lowest BCUT2D eigenvalue weighted by atomic mass is 9.80. The van der Waals surface area contributed by atoms with Gasteiger partial charge in [-0.2, -0.15) is 0 Å². The zero-order valence-corrected chi connectivity index (χ0v) is 11.9. The van der Waals surface area contributed by atoms with Crippen molar-refractivity contribution < 1.29 is 0 Å². The van der Waals surface area contributed by atoms with Crippen LogP contribution in [-0.4, -0.2) is 0 Å². The second-order valence-electron chi connectivity index (χ2n) is 6.66. The van der Waals surface area contributed by atoms with Crippen molar-refractivity contribution in [3.8, 4) is 0 Å². The van der Waals surface area contributed by atoms with E-state index < -0.39 is 0 Å². The number of allylic oxidation sites excluding steroid dienone is 2. The van der Waals surface area contributed by atoms with Gasteiger partial charge in [-0.15, -0.1) is 0 Å². The van der Waals surface area contributed by atoms with Crippen LogP contribution in [0.5, 0.6) is 0 Å². The van der Waals surface area contributed by atoms with E-state index in [0.717, 1.165) is 5.92 Å². The molecule has 0 fully saturated rings. The van der Waals surface area contributed by atoms with E-state index >= 15 is 0 Å². The molecule has 0 aliphatic heterocycles. The molecule has 0 bridgehead atoms. The molecule has 0 aliphatic carbocycles. The minimum Gasteiger partial charge on any atom is -0.0823 e. The van der Waals surface area contributed by atoms with Gasteiger partial charge in [0.05, 0.1) is 0 Å². The van der Waals surface area contributed by atoms with E-state index in [1.54, 1.807) is 0 Å². The lowest BCUT2D eigenvalue weighted by Gasteiger charge is -2.26. The second kappa shape index (κ2) is 5.72. The molecule has 0 saturated carbocycles. The lowest BCUT2D eigenvalue weighted by Crippen LogP contribution is -2.14. The van der Waals surface area contributed by atoms with Gasteiger partial charge in [0.15, 0.2) is 0 Å². The molecule has 0 radical (unpaired) electrons. The van der Waals surface area contributed by atoms with E-state index in [9.17, 15) is 0 Å². The molecule has 0 rings (SSSR count). The van der Waals surface area contributed by atoms with Crippen molar-refractivity contribution in [2.45, 2.75) is 67.7 Å². The first-order chi connectivity index (χ1) is 6.68. The summed E-state index contributed by atoms with van der Waals surface area (Å²) in [6.45, 7) is 16.2. The highest BCUT2D eigenvalue weighted by molar-refractivity contribution is 5.01. The van der Waals surface area contributed by atoms with Gasteiger partial charge < -0.3 is 0 Å². The lowest BCUT2D eigenvalue weighted by molar-refractivity contribution is 0.355. The summed E-state index contributed by atoms with van der Waals surface area (Å²) in [4.78, 5) is 0. The van der Waals surface area contributed by atoms with Gasteiger partial charge in [0, 0.05) is 0 Å². The molecular formula is C15H30. The third kappa shape index (κ3) is 7.64. The second-order valence-corrected chi connectivity index (χ2v) is 6.66. The minimum atomic E-state index is 0.346. The van der Waals surface area contributed by atoms with E-state index in [-0.39, 0.29) is 0 Å². The van der Waals surface area contributed by atoms with Crippen molar-refractivity contribution in [1.29, 1.82) is 0 Å². The Bertz CT molecular complexity index is 194. The molecule has 90 valence electrons. The van der Waals surface area contributed by atoms with Crippen LogP contribution in [0.1, 0.15) is 67.7 Å². The largest absolute Gasteiger partial charge is 0.0823 e. The highest BCUT2D eigenvalue weighted by Gasteiger charge is 2.18. The summed E-state index contributed by atoms with van der Waals surface area (Å²) in [6.07, 6.45) is 8.65. The maximum absolute atomic E-state index is 2.42. The van der Waals surface area contributed by atoms with Crippen LogP contribution in [0.3, 0.4) is 0 Å². The first-order valence-electron chi connectivity index (χ1n) is 6.39. The molecule has 0 aromatic carbocycles. The minimum absolute atomic E-state index is 0.346. The molecule has 0 amide bonds. The van der Waals surface area contributed by atoms with Gasteiger partial charge in [-0.25, -0.2) is 0 Å². The van der Waals surface area contributed by atoms with E-state index in [1.165, 1.54) is 19.3 Å². The third-order valence-electron chi connectivity index (χ3n) is 2.81. The predicted molar refractivity (Wildman–Crippen MR) is 71.1 cm³/mol. The van der Waals surface area contributed by atoms with Gasteiger partial charge in [0.25, 0.3) is 0 Å². The van der Waals surface area contributed by atoms with Crippen LogP contribution < -0.4 is 0 Å². The molecule has 15 heavy (non-hydrogen) atoms. The molecular weight excluding hydrogens is 180 g/mol. The molecule has 0 spiro atoms. The third-order valence-corrected chi connectivity index (χ3v) is 2.81. The molecule has 0 heterocycles. The fraction of sp³-hybridized carbons (Fsp3) is 0.867. The quantitative estimate of drug-likeness (QED) is 0.512. The highest BCUT2D eigenvalue weighted by atomic mass is 14.2. The Morgan fingerprint density at radius 1 is 0.933 bits per heavy atom. The Balaban J connectivity index is 4.36. The Morgan fingerprint density at radius 2 is 1.40 bits per heavy atom. The fourth-order valence-corrected chi connectivity index (χ4v) is 2.30. The van der Waals surface area contributed by atoms with Crippen molar-refractivity contribution in [1.82, 2.24) is 0 Å². The van der Waals surface area contributed by atoms with Crippen LogP contribution in [-0.2, 0) is 0 Å². The maximum Gasteiger partial charge on any atom is -0.0172 e. The van der Waals surface area contributed by atoms with Gasteiger partial charge in [-0.1, -0.05) is 67.0 Å². The number of rotatable bonds is 6. The monoisotopic (exact) mass is 210 g/mol. The standard InChI is InChI=1S/C15H30/c1-8-9-14(4,5)10-11-15(6,7)12-13(2)3/h10-11,13H,8-9,12H2,1-7H3. The average Bonchev–Trinajstić information content (AvgIpc) is 1.99. The Morgan fingerprint density at radius 3 is 1.80 bits per heavy atom. The maximum atomic E-state index is 2.42. The zero-order chi connectivity index (χ0) is 12.1. The van der Waals surface area contributed by atoms with Crippen molar-refractivity contribution in [2.24, 2.45) is 16.7 Å². The SMILES string of the molecule is CCCC(C)(C)C=CC(C)(C)CC(C)C. The smallest absolute Gasteiger partial charge is 0.0172 e. The fourth-order valence-electron chi connectivity index (χ4n) is 2.30. The van der Waals surface area contributed by atoms with Gasteiger partial charge in [0.2, 0.25) is 0 Å². The molecule has 0 nitrogen and oxygen atoms in total. The molecule has 0 aliphatic rings. The topological polar surface area (TPSA) is 0 Å². The number of hydrogen-bond acceptors (Lipinski definition) is 0. The van der Waals surface area contributed by atoms with Gasteiger partial charge in [-0.05, 0) is 29.6 Å². The van der Waals surface area contributed by atoms with E-state index in [0.29, 0.717) is 10.8 Å². The molecule has 0 saturated heterocycles. The first kappa shape index (κ1) is 14.7. The molecule has 0 unspecified atom stereocenters. The zero-order valence-electron chi connectivity index (χ0n) is 11.9. The Labute approximate surface area is 97.2 Å². The van der Waals surface area contributed by atoms with Crippen molar-refractivity contribution >= 4 is 0 Å². The average molecular weight is 210 g/mol. The molecule has 0 heteroatoms. The summed E-state index contributed by atoms with van der Waals surface area (Å²) in [6, 6.07) is 0. The number of hydrogen-bond donors (Lipinski definition) is 0. The van der Waals surface area contributed by atoms with Crippen LogP contribution in [0.4, 0.5) is 0 Å². The van der Waals surface area contributed by atoms with Gasteiger partial charge >= 0.3 is 0 Å². The van der Waals surface area contributed by atoms with Crippen LogP contribution in [0, 0.1) is 16.7 Å². The van der Waals surface area contributed by atoms with Gasteiger partial charge in [0.1, 0.15) is 0 Å². The van der Waals surface area contributed by atoms with Crippen LogP contribution in [0.25, 0.3) is 0 Å². The normalized spacial score (nSPS) is 14.1. The van der Waals surface area contributed by atoms with Crippen molar-refractivity contribution in [3.05, 3.63) is 12.2 Å². The van der Waals surface area contributed by atoms with Crippen molar-refractivity contribution in [2.75, 3.05) is 0 Å². The highest BCUT2D eigenvalue weighted by Crippen LogP contribution is 2.31. The Kier molecular flexibility index (Phi) is 5.62. The van der Waals surface area contributed by atoms with Gasteiger partial charge in [-0.3, -0.25) is 0 Å². The summed E-state index contributed by atoms with van der Waals surface area (Å²) < 4.78 is 0. The van der Waals surface area contributed by atoms with Crippen LogP contribution in [0.15, 0.2) is 12.2 Å². The summed E-state index contributed by atoms with van der Waals surface area (Å²) in [7, 11) is 0.